The molecule has 1 aliphatic rings. The summed E-state index contributed by atoms with van der Waals surface area (Å²) >= 11 is 0. The molecule has 0 aliphatic carbocycles. The first-order valence-corrected chi connectivity index (χ1v) is 10.3. The molecule has 0 radical (unpaired) electrons. The van der Waals surface area contributed by atoms with Gasteiger partial charge >= 0.3 is 6.03 Å². The lowest BCUT2D eigenvalue weighted by atomic mass is 9.95. The molecule has 4 heteroatoms. The van der Waals surface area contributed by atoms with Crippen molar-refractivity contribution in [2.45, 2.75) is 45.4 Å². The van der Waals surface area contributed by atoms with Crippen molar-refractivity contribution in [3.05, 3.63) is 11.6 Å². The predicted molar refractivity (Wildman–Crippen MR) is 83.7 cm³/mol. The third kappa shape index (κ3) is 3.87. The van der Waals surface area contributed by atoms with Crippen LogP contribution in [0.4, 0.5) is 4.79 Å². The molecule has 0 saturated carbocycles. The maximum Gasteiger partial charge on any atom is 0.320 e. The molecule has 0 unspecified atom stereocenters. The molecular formula is C15H26N2OSi. The topological polar surface area (TPSA) is 23.6 Å². The monoisotopic (exact) mass is 278 g/mol. The molecule has 0 aromatic carbocycles. The highest BCUT2D eigenvalue weighted by Crippen LogP contribution is 2.34. The van der Waals surface area contributed by atoms with Crippen LogP contribution in [0, 0.1) is 11.5 Å². The maximum atomic E-state index is 12.1. The third-order valence-corrected chi connectivity index (χ3v) is 4.27. The van der Waals surface area contributed by atoms with E-state index in [-0.39, 0.29) is 11.6 Å². The number of carbonyl (C=O) groups excluding carboxylic acids is 1. The molecule has 1 heterocycles. The van der Waals surface area contributed by atoms with Crippen molar-refractivity contribution >= 4 is 14.1 Å². The number of allylic oxidation sites excluding steroid dienone is 1. The van der Waals surface area contributed by atoms with E-state index < -0.39 is 8.07 Å². The number of amides is 2. The second-order valence-electron chi connectivity index (χ2n) is 6.83. The quantitative estimate of drug-likeness (QED) is 0.493. The summed E-state index contributed by atoms with van der Waals surface area (Å²) in [4.78, 5) is 15.7. The van der Waals surface area contributed by atoms with Gasteiger partial charge < -0.3 is 9.80 Å². The standard InChI is InChI=1S/C15H26N2OSi/c1-15(2)13(9-8-12-19(5,6)7)10-11-17(15)14(18)16(3)4/h9H,10-11H2,1-7H3. The number of likely N-dealkylation sites (tertiary alicyclic amines) is 1. The van der Waals surface area contributed by atoms with Gasteiger partial charge in [0, 0.05) is 20.6 Å². The Morgan fingerprint density at radius 2 is 1.95 bits per heavy atom. The van der Waals surface area contributed by atoms with Crippen LogP contribution in [-0.4, -0.2) is 50.1 Å². The molecule has 0 aromatic rings. The molecule has 1 saturated heterocycles. The predicted octanol–water partition coefficient (Wildman–Crippen LogP) is 2.96. The molecule has 0 bridgehead atoms. The lowest BCUT2D eigenvalue weighted by Gasteiger charge is -2.34. The molecule has 1 aliphatic heterocycles. The van der Waals surface area contributed by atoms with Crippen molar-refractivity contribution in [3.63, 3.8) is 0 Å². The first kappa shape index (κ1) is 15.8. The summed E-state index contributed by atoms with van der Waals surface area (Å²) in [5.74, 6) is 3.21. The van der Waals surface area contributed by atoms with Gasteiger partial charge in [-0.25, -0.2) is 4.79 Å². The molecule has 0 aromatic heterocycles. The van der Waals surface area contributed by atoms with E-state index in [0.717, 1.165) is 13.0 Å². The SMILES string of the molecule is CN(C)C(=O)N1CCC(=CC#C[Si](C)(C)C)C1(C)C. The van der Waals surface area contributed by atoms with Crippen LogP contribution in [0.3, 0.4) is 0 Å². The summed E-state index contributed by atoms with van der Waals surface area (Å²) in [6.07, 6.45) is 2.95. The Balaban J connectivity index is 2.93. The Morgan fingerprint density at radius 3 is 2.42 bits per heavy atom. The zero-order valence-electron chi connectivity index (χ0n) is 13.3. The first-order chi connectivity index (χ1) is 8.55. The van der Waals surface area contributed by atoms with Gasteiger partial charge in [0.15, 0.2) is 0 Å². The fourth-order valence-electron chi connectivity index (χ4n) is 2.16. The zero-order chi connectivity index (χ0) is 14.8. The molecule has 106 valence electrons. The Bertz CT molecular complexity index is 447. The number of urea groups is 1. The largest absolute Gasteiger partial charge is 0.331 e. The number of nitrogens with zero attached hydrogens (tertiary/aromatic N) is 2. The van der Waals surface area contributed by atoms with Gasteiger partial charge in [-0.15, -0.1) is 5.54 Å². The summed E-state index contributed by atoms with van der Waals surface area (Å²) in [5, 5.41) is 0. The van der Waals surface area contributed by atoms with Gasteiger partial charge in [-0.05, 0) is 31.9 Å². The van der Waals surface area contributed by atoms with Gasteiger partial charge in [0.2, 0.25) is 0 Å². The minimum absolute atomic E-state index is 0.0755. The highest BCUT2D eigenvalue weighted by Gasteiger charge is 2.39. The lowest BCUT2D eigenvalue weighted by Crippen LogP contribution is -2.48. The Kier molecular flexibility index (Phi) is 4.52. The second-order valence-corrected chi connectivity index (χ2v) is 11.6. The molecule has 0 spiro atoms. The van der Waals surface area contributed by atoms with Crippen LogP contribution in [0.15, 0.2) is 11.6 Å². The minimum atomic E-state index is -1.33. The van der Waals surface area contributed by atoms with Crippen LogP contribution in [0.1, 0.15) is 20.3 Å². The van der Waals surface area contributed by atoms with Crippen LogP contribution >= 0.6 is 0 Å². The van der Waals surface area contributed by atoms with Crippen LogP contribution in [0.2, 0.25) is 19.6 Å². The summed E-state index contributed by atoms with van der Waals surface area (Å²) in [6.45, 7) is 11.7. The van der Waals surface area contributed by atoms with E-state index in [1.54, 1.807) is 19.0 Å². The summed E-state index contributed by atoms with van der Waals surface area (Å²) in [5.41, 5.74) is 4.38. The van der Waals surface area contributed by atoms with E-state index in [4.69, 9.17) is 0 Å². The number of hydrogen-bond acceptors (Lipinski definition) is 1. The van der Waals surface area contributed by atoms with Crippen LogP contribution < -0.4 is 0 Å². The molecular weight excluding hydrogens is 252 g/mol. The average molecular weight is 278 g/mol. The van der Waals surface area contributed by atoms with Crippen LogP contribution in [0.5, 0.6) is 0 Å². The van der Waals surface area contributed by atoms with E-state index in [0.29, 0.717) is 0 Å². The molecule has 3 nitrogen and oxygen atoms in total. The molecule has 1 rings (SSSR count). The molecule has 0 N–H and O–H groups in total. The van der Waals surface area contributed by atoms with E-state index in [9.17, 15) is 4.79 Å². The summed E-state index contributed by atoms with van der Waals surface area (Å²) in [6, 6.07) is 0.0755. The number of hydrogen-bond donors (Lipinski definition) is 0. The summed E-state index contributed by atoms with van der Waals surface area (Å²) in [7, 11) is 2.27. The second kappa shape index (κ2) is 5.42. The van der Waals surface area contributed by atoms with Gasteiger partial charge in [-0.2, -0.15) is 0 Å². The Hall–Kier alpha value is -1.21. The number of rotatable bonds is 0. The van der Waals surface area contributed by atoms with Crippen molar-refractivity contribution in [3.8, 4) is 11.5 Å². The number of carbonyl (C=O) groups is 1. The molecule has 2 amide bonds. The van der Waals surface area contributed by atoms with Crippen LogP contribution in [0.25, 0.3) is 0 Å². The van der Waals surface area contributed by atoms with E-state index in [2.05, 4.69) is 45.0 Å². The van der Waals surface area contributed by atoms with E-state index in [1.165, 1.54) is 5.57 Å². The fraction of sp³-hybridized carbons (Fsp3) is 0.667. The third-order valence-electron chi connectivity index (χ3n) is 3.37. The highest BCUT2D eigenvalue weighted by atomic mass is 28.3. The van der Waals surface area contributed by atoms with Crippen molar-refractivity contribution in [1.29, 1.82) is 0 Å². The zero-order valence-corrected chi connectivity index (χ0v) is 14.3. The van der Waals surface area contributed by atoms with Crippen molar-refractivity contribution in [2.75, 3.05) is 20.6 Å². The normalized spacial score (nSPS) is 20.2. The van der Waals surface area contributed by atoms with Crippen LogP contribution in [-0.2, 0) is 0 Å². The Morgan fingerprint density at radius 1 is 1.37 bits per heavy atom. The highest BCUT2D eigenvalue weighted by molar-refractivity contribution is 6.83. The molecule has 0 atom stereocenters. The molecule has 19 heavy (non-hydrogen) atoms. The first-order valence-electron chi connectivity index (χ1n) is 6.77. The van der Waals surface area contributed by atoms with Crippen molar-refractivity contribution in [2.24, 2.45) is 0 Å². The van der Waals surface area contributed by atoms with E-state index >= 15 is 0 Å². The lowest BCUT2D eigenvalue weighted by molar-refractivity contribution is 0.149. The van der Waals surface area contributed by atoms with E-state index in [1.807, 2.05) is 11.0 Å². The van der Waals surface area contributed by atoms with Gasteiger partial charge in [0.25, 0.3) is 0 Å². The van der Waals surface area contributed by atoms with Crippen molar-refractivity contribution in [1.82, 2.24) is 9.80 Å². The molecule has 1 fully saturated rings. The Labute approximate surface area is 118 Å². The van der Waals surface area contributed by atoms with Crippen molar-refractivity contribution < 1.29 is 4.79 Å². The maximum absolute atomic E-state index is 12.1. The summed E-state index contributed by atoms with van der Waals surface area (Å²) < 4.78 is 0. The fourth-order valence-corrected chi connectivity index (χ4v) is 2.66. The van der Waals surface area contributed by atoms with Gasteiger partial charge in [0.1, 0.15) is 8.07 Å². The van der Waals surface area contributed by atoms with Gasteiger partial charge in [0.05, 0.1) is 5.54 Å². The van der Waals surface area contributed by atoms with Gasteiger partial charge in [-0.3, -0.25) is 0 Å². The van der Waals surface area contributed by atoms with Gasteiger partial charge in [-0.1, -0.05) is 25.6 Å². The average Bonchev–Trinajstić information content (AvgIpc) is 2.51. The smallest absolute Gasteiger partial charge is 0.320 e. The minimum Gasteiger partial charge on any atom is -0.331 e.